The molecule has 0 saturated heterocycles. The summed E-state index contributed by atoms with van der Waals surface area (Å²) in [5, 5.41) is 11.7. The van der Waals surface area contributed by atoms with Gasteiger partial charge in [0.1, 0.15) is 0 Å². The second kappa shape index (κ2) is 9.27. The van der Waals surface area contributed by atoms with Crippen LogP contribution < -0.4 is 11.1 Å². The Balaban J connectivity index is 2.44. The van der Waals surface area contributed by atoms with Crippen molar-refractivity contribution in [2.45, 2.75) is 44.4 Å². The van der Waals surface area contributed by atoms with Gasteiger partial charge in [0.15, 0.2) is 0 Å². The maximum atomic E-state index is 12.0. The van der Waals surface area contributed by atoms with E-state index in [1.54, 1.807) is 23.5 Å². The van der Waals surface area contributed by atoms with Crippen molar-refractivity contribution in [3.8, 4) is 0 Å². The molecule has 0 aliphatic carbocycles. The molecule has 1 aromatic carbocycles. The van der Waals surface area contributed by atoms with Crippen molar-refractivity contribution in [1.82, 2.24) is 5.32 Å². The lowest BCUT2D eigenvalue weighted by Crippen LogP contribution is -2.37. The van der Waals surface area contributed by atoms with Crippen LogP contribution in [0.2, 0.25) is 0 Å². The molecule has 0 radical (unpaired) electrons. The van der Waals surface area contributed by atoms with Gasteiger partial charge in [-0.3, -0.25) is 9.59 Å². The first-order chi connectivity index (χ1) is 11.2. The molecule has 0 saturated carbocycles. The second-order valence-electron chi connectivity index (χ2n) is 5.48. The summed E-state index contributed by atoms with van der Waals surface area (Å²) < 4.78 is 36.1. The van der Waals surface area contributed by atoms with Crippen LogP contribution in [0.4, 0.5) is 13.2 Å². The number of aliphatic hydroxyl groups is 1. The fourth-order valence-electron chi connectivity index (χ4n) is 2.17. The van der Waals surface area contributed by atoms with Crippen LogP contribution in [0.5, 0.6) is 0 Å². The highest BCUT2D eigenvalue weighted by Gasteiger charge is 2.38. The molecule has 1 rings (SSSR count). The summed E-state index contributed by atoms with van der Waals surface area (Å²) in [4.78, 5) is 21.3. The van der Waals surface area contributed by atoms with Crippen molar-refractivity contribution in [2.75, 3.05) is 6.54 Å². The molecule has 134 valence electrons. The fourth-order valence-corrected chi connectivity index (χ4v) is 2.17. The number of aliphatic hydroxyl groups excluding tert-OH is 1. The van der Waals surface area contributed by atoms with Crippen LogP contribution in [-0.2, 0) is 16.0 Å². The van der Waals surface area contributed by atoms with Gasteiger partial charge in [-0.2, -0.15) is 13.2 Å². The number of carbonyl (C=O) groups excluding carboxylic acids is 2. The van der Waals surface area contributed by atoms with Crippen LogP contribution in [0, 0.1) is 0 Å². The number of aryl methyl sites for hydroxylation is 1. The lowest BCUT2D eigenvalue weighted by atomic mass is 10.0. The van der Waals surface area contributed by atoms with E-state index in [0.717, 1.165) is 12.0 Å². The van der Waals surface area contributed by atoms with E-state index in [1.165, 1.54) is 0 Å². The van der Waals surface area contributed by atoms with Crippen molar-refractivity contribution in [2.24, 2.45) is 5.73 Å². The number of unbranched alkanes of at least 4 members (excludes halogenated alkanes) is 1. The highest BCUT2D eigenvalue weighted by Crippen LogP contribution is 2.19. The summed E-state index contributed by atoms with van der Waals surface area (Å²) in [6, 6.07) is 7.05. The van der Waals surface area contributed by atoms with Gasteiger partial charge in [-0.1, -0.05) is 24.3 Å². The number of carbonyl (C=O) groups is 2. The number of halogens is 3. The van der Waals surface area contributed by atoms with Gasteiger partial charge in [-0.15, -0.1) is 0 Å². The predicted molar refractivity (Wildman–Crippen MR) is 81.8 cm³/mol. The summed E-state index contributed by atoms with van der Waals surface area (Å²) in [5.41, 5.74) is 6.58. The summed E-state index contributed by atoms with van der Waals surface area (Å²) in [6.07, 6.45) is -3.44. The van der Waals surface area contributed by atoms with Crippen LogP contribution in [-0.4, -0.2) is 29.6 Å². The molecule has 5 nitrogen and oxygen atoms in total. The molecule has 1 atom stereocenters. The molecule has 0 aromatic heterocycles. The van der Waals surface area contributed by atoms with Crippen LogP contribution in [0.15, 0.2) is 24.3 Å². The van der Waals surface area contributed by atoms with E-state index < -0.39 is 18.2 Å². The molecule has 0 heterocycles. The van der Waals surface area contributed by atoms with Crippen molar-refractivity contribution in [1.29, 1.82) is 0 Å². The summed E-state index contributed by atoms with van der Waals surface area (Å²) >= 11 is 0. The smallest absolute Gasteiger partial charge is 0.388 e. The molecule has 0 aliphatic rings. The summed E-state index contributed by atoms with van der Waals surface area (Å²) in [6.45, 7) is -0.275. The minimum absolute atomic E-state index is 0.0209. The molecule has 8 heteroatoms. The van der Waals surface area contributed by atoms with E-state index in [-0.39, 0.29) is 18.9 Å². The largest absolute Gasteiger partial charge is 0.471 e. The van der Waals surface area contributed by atoms with Gasteiger partial charge in [0.05, 0.1) is 6.10 Å². The number of amides is 2. The lowest BCUT2D eigenvalue weighted by molar-refractivity contribution is -0.173. The molecule has 2 amide bonds. The first kappa shape index (κ1) is 20.0. The van der Waals surface area contributed by atoms with E-state index in [2.05, 4.69) is 0 Å². The number of nitrogens with two attached hydrogens (primary N) is 1. The predicted octanol–water partition coefficient (Wildman–Crippen LogP) is 1.99. The van der Waals surface area contributed by atoms with Crippen LogP contribution in [0.25, 0.3) is 0 Å². The van der Waals surface area contributed by atoms with Crippen molar-refractivity contribution >= 4 is 11.8 Å². The van der Waals surface area contributed by atoms with Gasteiger partial charge >= 0.3 is 12.1 Å². The highest BCUT2D eigenvalue weighted by molar-refractivity contribution is 5.81. The molecule has 0 aliphatic heterocycles. The Hall–Kier alpha value is -2.09. The van der Waals surface area contributed by atoms with E-state index >= 15 is 0 Å². The summed E-state index contributed by atoms with van der Waals surface area (Å²) in [7, 11) is 0. The number of rotatable bonds is 9. The Morgan fingerprint density at radius 2 is 1.96 bits per heavy atom. The molecule has 24 heavy (non-hydrogen) atoms. The van der Waals surface area contributed by atoms with Gasteiger partial charge in [0.2, 0.25) is 5.91 Å². The van der Waals surface area contributed by atoms with E-state index in [4.69, 9.17) is 5.73 Å². The SMILES string of the molecule is NC(=O)CCCCc1cccc(C(O)CCNC(=O)C(F)(F)F)c1. The van der Waals surface area contributed by atoms with E-state index in [1.807, 2.05) is 6.07 Å². The highest BCUT2D eigenvalue weighted by atomic mass is 19.4. The van der Waals surface area contributed by atoms with E-state index in [0.29, 0.717) is 24.8 Å². The third-order valence-corrected chi connectivity index (χ3v) is 3.44. The van der Waals surface area contributed by atoms with Gasteiger partial charge in [0.25, 0.3) is 0 Å². The Bertz CT molecular complexity index is 562. The zero-order chi connectivity index (χ0) is 18.2. The third kappa shape index (κ3) is 7.45. The second-order valence-corrected chi connectivity index (χ2v) is 5.48. The van der Waals surface area contributed by atoms with Gasteiger partial charge in [-0.25, -0.2) is 0 Å². The average Bonchev–Trinajstić information content (AvgIpc) is 2.50. The number of hydrogen-bond acceptors (Lipinski definition) is 3. The number of primary amides is 1. The number of benzene rings is 1. The minimum Gasteiger partial charge on any atom is -0.388 e. The molecule has 0 spiro atoms. The molecule has 4 N–H and O–H groups in total. The monoisotopic (exact) mass is 346 g/mol. The van der Waals surface area contributed by atoms with Gasteiger partial charge in [-0.05, 0) is 36.8 Å². The third-order valence-electron chi connectivity index (χ3n) is 3.44. The molecule has 1 aromatic rings. The average molecular weight is 346 g/mol. The normalized spacial score (nSPS) is 12.7. The standard InChI is InChI=1S/C16H21F3N2O3/c17-16(18,19)15(24)21-9-8-13(22)12-6-3-5-11(10-12)4-1-2-7-14(20)23/h3,5-6,10,13,22H,1-2,4,7-9H2,(H2,20,23)(H,21,24). The Morgan fingerprint density at radius 1 is 1.25 bits per heavy atom. The lowest BCUT2D eigenvalue weighted by Gasteiger charge is -2.13. The van der Waals surface area contributed by atoms with Crippen molar-refractivity contribution in [3.05, 3.63) is 35.4 Å². The zero-order valence-electron chi connectivity index (χ0n) is 13.1. The van der Waals surface area contributed by atoms with Crippen molar-refractivity contribution < 1.29 is 27.9 Å². The first-order valence-corrected chi connectivity index (χ1v) is 7.60. The van der Waals surface area contributed by atoms with Crippen molar-refractivity contribution in [3.63, 3.8) is 0 Å². The Labute approximate surface area is 138 Å². The van der Waals surface area contributed by atoms with Crippen LogP contribution in [0.3, 0.4) is 0 Å². The number of hydrogen-bond donors (Lipinski definition) is 3. The molecular formula is C16H21F3N2O3. The summed E-state index contributed by atoms with van der Waals surface area (Å²) in [5.74, 6) is -2.36. The zero-order valence-corrected chi connectivity index (χ0v) is 13.1. The topological polar surface area (TPSA) is 92.4 Å². The maximum absolute atomic E-state index is 12.0. The Morgan fingerprint density at radius 3 is 2.58 bits per heavy atom. The van der Waals surface area contributed by atoms with E-state index in [9.17, 15) is 27.9 Å². The van der Waals surface area contributed by atoms with Crippen LogP contribution >= 0.6 is 0 Å². The quantitative estimate of drug-likeness (QED) is 0.597. The molecule has 0 bridgehead atoms. The maximum Gasteiger partial charge on any atom is 0.471 e. The minimum atomic E-state index is -4.92. The molecule has 1 unspecified atom stereocenters. The molecular weight excluding hydrogens is 325 g/mol. The molecule has 0 fully saturated rings. The van der Waals surface area contributed by atoms with Gasteiger partial charge in [0, 0.05) is 13.0 Å². The van der Waals surface area contributed by atoms with Crippen LogP contribution in [0.1, 0.15) is 42.9 Å². The number of alkyl halides is 3. The first-order valence-electron chi connectivity index (χ1n) is 7.60. The Kier molecular flexibility index (Phi) is 7.70. The van der Waals surface area contributed by atoms with Gasteiger partial charge < -0.3 is 16.2 Å². The fraction of sp³-hybridized carbons (Fsp3) is 0.500. The number of nitrogens with one attached hydrogen (secondary N) is 1.